The van der Waals surface area contributed by atoms with Crippen LogP contribution in [-0.4, -0.2) is 30.5 Å². The van der Waals surface area contributed by atoms with E-state index >= 15 is 0 Å². The lowest BCUT2D eigenvalue weighted by Gasteiger charge is -2.04. The van der Waals surface area contributed by atoms with Crippen LogP contribution in [0.2, 0.25) is 0 Å². The van der Waals surface area contributed by atoms with Crippen molar-refractivity contribution in [2.45, 2.75) is 6.54 Å². The predicted molar refractivity (Wildman–Crippen MR) is 69.9 cm³/mol. The van der Waals surface area contributed by atoms with Gasteiger partial charge >= 0.3 is 0 Å². The van der Waals surface area contributed by atoms with E-state index in [9.17, 15) is 10.1 Å². The summed E-state index contributed by atoms with van der Waals surface area (Å²) in [4.78, 5) is 14.6. The Morgan fingerprint density at radius 1 is 1.30 bits per heavy atom. The standard InChI is InChI=1S/C11H9N7O2/c19-18(20)8-2-3-9-7(5-8)1-4-10(13-9)12-6-11-14-16-17-15-11/h1-5H,6H2,(H,12,13)(H,14,15,16,17). The van der Waals surface area contributed by atoms with Crippen LogP contribution in [0, 0.1) is 10.1 Å². The van der Waals surface area contributed by atoms with Crippen molar-refractivity contribution in [3.63, 3.8) is 0 Å². The third-order valence-corrected chi connectivity index (χ3v) is 2.70. The van der Waals surface area contributed by atoms with E-state index in [0.717, 1.165) is 0 Å². The number of nitrogens with zero attached hydrogens (tertiary/aromatic N) is 5. The quantitative estimate of drug-likeness (QED) is 0.541. The molecule has 9 nitrogen and oxygen atoms in total. The highest BCUT2D eigenvalue weighted by Crippen LogP contribution is 2.21. The molecule has 0 aliphatic heterocycles. The molecule has 0 unspecified atom stereocenters. The molecule has 0 amide bonds. The number of hydrogen-bond acceptors (Lipinski definition) is 7. The van der Waals surface area contributed by atoms with Gasteiger partial charge in [-0.05, 0) is 18.2 Å². The van der Waals surface area contributed by atoms with Gasteiger partial charge < -0.3 is 5.32 Å². The van der Waals surface area contributed by atoms with Gasteiger partial charge in [-0.15, -0.1) is 10.2 Å². The largest absolute Gasteiger partial charge is 0.363 e. The van der Waals surface area contributed by atoms with Crippen LogP contribution < -0.4 is 5.32 Å². The molecule has 20 heavy (non-hydrogen) atoms. The van der Waals surface area contributed by atoms with Crippen molar-refractivity contribution in [2.75, 3.05) is 5.32 Å². The van der Waals surface area contributed by atoms with Crippen LogP contribution in [-0.2, 0) is 6.54 Å². The number of nitro benzene ring substituents is 1. The number of nitrogens with one attached hydrogen (secondary N) is 2. The molecule has 1 aromatic carbocycles. The normalized spacial score (nSPS) is 10.6. The number of aromatic amines is 1. The van der Waals surface area contributed by atoms with Crippen LogP contribution in [0.4, 0.5) is 11.5 Å². The Hall–Kier alpha value is -3.10. The van der Waals surface area contributed by atoms with Crippen molar-refractivity contribution in [2.24, 2.45) is 0 Å². The summed E-state index contributed by atoms with van der Waals surface area (Å²) in [5.74, 6) is 1.16. The number of nitro groups is 1. The fourth-order valence-corrected chi connectivity index (χ4v) is 1.75. The maximum atomic E-state index is 10.7. The molecular formula is C11H9N7O2. The van der Waals surface area contributed by atoms with Crippen molar-refractivity contribution in [3.05, 3.63) is 46.3 Å². The number of benzene rings is 1. The first-order valence-electron chi connectivity index (χ1n) is 5.74. The molecule has 0 radical (unpaired) electrons. The van der Waals surface area contributed by atoms with Crippen molar-refractivity contribution in [1.29, 1.82) is 0 Å². The minimum atomic E-state index is -0.429. The number of hydrogen-bond donors (Lipinski definition) is 2. The molecule has 2 aromatic heterocycles. The zero-order valence-electron chi connectivity index (χ0n) is 10.1. The first kappa shape index (κ1) is 12.0. The number of anilines is 1. The second-order valence-electron chi connectivity index (χ2n) is 4.01. The van der Waals surface area contributed by atoms with Crippen molar-refractivity contribution in [1.82, 2.24) is 25.6 Å². The van der Waals surface area contributed by atoms with Gasteiger partial charge in [-0.3, -0.25) is 10.1 Å². The molecule has 3 rings (SSSR count). The average molecular weight is 271 g/mol. The summed E-state index contributed by atoms with van der Waals surface area (Å²) in [6, 6.07) is 8.05. The number of aromatic nitrogens is 5. The van der Waals surface area contributed by atoms with Crippen LogP contribution in [0.3, 0.4) is 0 Å². The summed E-state index contributed by atoms with van der Waals surface area (Å²) in [5, 5.41) is 27.9. The molecule has 0 aliphatic rings. The Morgan fingerprint density at radius 2 is 2.20 bits per heavy atom. The smallest absolute Gasteiger partial charge is 0.270 e. The number of pyridine rings is 1. The molecule has 100 valence electrons. The highest BCUT2D eigenvalue weighted by Gasteiger charge is 2.07. The maximum absolute atomic E-state index is 10.7. The molecule has 0 spiro atoms. The molecule has 0 bridgehead atoms. The van der Waals surface area contributed by atoms with Crippen LogP contribution in [0.1, 0.15) is 5.82 Å². The Kier molecular flexibility index (Phi) is 2.92. The van der Waals surface area contributed by atoms with E-state index in [0.29, 0.717) is 29.1 Å². The molecule has 2 heterocycles. The second kappa shape index (κ2) is 4.88. The van der Waals surface area contributed by atoms with Gasteiger partial charge in [-0.1, -0.05) is 5.21 Å². The molecular weight excluding hydrogens is 262 g/mol. The zero-order chi connectivity index (χ0) is 13.9. The van der Waals surface area contributed by atoms with Crippen LogP contribution >= 0.6 is 0 Å². The van der Waals surface area contributed by atoms with Gasteiger partial charge in [0.05, 0.1) is 17.0 Å². The number of tetrazole rings is 1. The van der Waals surface area contributed by atoms with E-state index in [1.807, 2.05) is 0 Å². The molecule has 9 heteroatoms. The van der Waals surface area contributed by atoms with Gasteiger partial charge in [0.2, 0.25) is 0 Å². The lowest BCUT2D eigenvalue weighted by Crippen LogP contribution is -2.03. The number of fused-ring (bicyclic) bond motifs is 1. The maximum Gasteiger partial charge on any atom is 0.270 e. The highest BCUT2D eigenvalue weighted by atomic mass is 16.6. The zero-order valence-corrected chi connectivity index (χ0v) is 10.1. The summed E-state index contributed by atoms with van der Waals surface area (Å²) in [5.41, 5.74) is 0.723. The summed E-state index contributed by atoms with van der Waals surface area (Å²) in [7, 11) is 0. The molecule has 2 N–H and O–H groups in total. The van der Waals surface area contributed by atoms with Crippen molar-refractivity contribution < 1.29 is 4.92 Å². The average Bonchev–Trinajstić information content (AvgIpc) is 2.97. The van der Waals surface area contributed by atoms with E-state index in [1.165, 1.54) is 12.1 Å². The first-order chi connectivity index (χ1) is 9.72. The summed E-state index contributed by atoms with van der Waals surface area (Å²) in [6.45, 7) is 0.391. The Bertz CT molecular complexity index is 757. The van der Waals surface area contributed by atoms with Gasteiger partial charge in [-0.25, -0.2) is 4.98 Å². The molecule has 3 aromatic rings. The van der Waals surface area contributed by atoms with Crippen LogP contribution in [0.25, 0.3) is 10.9 Å². The van der Waals surface area contributed by atoms with Gasteiger partial charge in [0.1, 0.15) is 5.82 Å². The minimum absolute atomic E-state index is 0.0480. The summed E-state index contributed by atoms with van der Waals surface area (Å²) < 4.78 is 0. The van der Waals surface area contributed by atoms with Crippen LogP contribution in [0.15, 0.2) is 30.3 Å². The lowest BCUT2D eigenvalue weighted by molar-refractivity contribution is -0.384. The van der Waals surface area contributed by atoms with E-state index in [2.05, 4.69) is 30.9 Å². The molecule has 0 fully saturated rings. The third-order valence-electron chi connectivity index (χ3n) is 2.70. The molecule has 0 aliphatic carbocycles. The topological polar surface area (TPSA) is 123 Å². The Morgan fingerprint density at radius 3 is 2.95 bits per heavy atom. The highest BCUT2D eigenvalue weighted by molar-refractivity contribution is 5.82. The number of rotatable bonds is 4. The Labute approximate surface area is 112 Å². The monoisotopic (exact) mass is 271 g/mol. The van der Waals surface area contributed by atoms with Crippen molar-refractivity contribution >= 4 is 22.4 Å². The molecule has 0 saturated heterocycles. The third kappa shape index (κ3) is 2.36. The van der Waals surface area contributed by atoms with Gasteiger partial charge in [0.25, 0.3) is 5.69 Å². The molecule has 0 atom stereocenters. The second-order valence-corrected chi connectivity index (χ2v) is 4.01. The fourth-order valence-electron chi connectivity index (χ4n) is 1.75. The number of H-pyrrole nitrogens is 1. The fraction of sp³-hybridized carbons (Fsp3) is 0.0909. The van der Waals surface area contributed by atoms with Gasteiger partial charge in [-0.2, -0.15) is 5.21 Å². The van der Waals surface area contributed by atoms with E-state index in [4.69, 9.17) is 0 Å². The SMILES string of the molecule is O=[N+]([O-])c1ccc2nc(NCc3nn[nH]n3)ccc2c1. The van der Waals surface area contributed by atoms with E-state index in [-0.39, 0.29) is 5.69 Å². The van der Waals surface area contributed by atoms with Gasteiger partial charge in [0.15, 0.2) is 5.82 Å². The van der Waals surface area contributed by atoms with E-state index in [1.54, 1.807) is 18.2 Å². The first-order valence-corrected chi connectivity index (χ1v) is 5.74. The van der Waals surface area contributed by atoms with Crippen LogP contribution in [0.5, 0.6) is 0 Å². The number of non-ortho nitro benzene ring substituents is 1. The summed E-state index contributed by atoms with van der Waals surface area (Å²) in [6.07, 6.45) is 0. The minimum Gasteiger partial charge on any atom is -0.363 e. The Balaban J connectivity index is 1.83. The van der Waals surface area contributed by atoms with E-state index < -0.39 is 4.92 Å². The van der Waals surface area contributed by atoms with Crippen molar-refractivity contribution in [3.8, 4) is 0 Å². The lowest BCUT2D eigenvalue weighted by atomic mass is 10.2. The molecule has 0 saturated carbocycles. The predicted octanol–water partition coefficient (Wildman–Crippen LogP) is 1.27. The summed E-state index contributed by atoms with van der Waals surface area (Å²) >= 11 is 0. The van der Waals surface area contributed by atoms with Gasteiger partial charge in [0, 0.05) is 17.5 Å².